The molecule has 1 aromatic carbocycles. The Bertz CT molecular complexity index is 1670. The molecule has 0 bridgehead atoms. The molecule has 1 aliphatic heterocycles. The predicted molar refractivity (Wildman–Crippen MR) is 161 cm³/mol. The summed E-state index contributed by atoms with van der Waals surface area (Å²) in [6, 6.07) is 4.02. The molecule has 0 saturated heterocycles. The molecule has 2 aromatic rings. The Morgan fingerprint density at radius 3 is 2.29 bits per heavy atom. The van der Waals surface area contributed by atoms with E-state index in [1.165, 1.54) is 56.8 Å². The quantitative estimate of drug-likeness (QED) is 0.304. The zero-order valence-corrected chi connectivity index (χ0v) is 28.3. The van der Waals surface area contributed by atoms with Gasteiger partial charge in [-0.05, 0) is 65.7 Å². The molecule has 11 nitrogen and oxygen atoms in total. The number of hydrogen-bond donors (Lipinski definition) is 0. The lowest BCUT2D eigenvalue weighted by Gasteiger charge is -2.36. The first-order chi connectivity index (χ1) is 20.4. The minimum absolute atomic E-state index is 0.0266. The average Bonchev–Trinajstić information content (AvgIpc) is 3.28. The first-order valence-corrected chi connectivity index (χ1v) is 17.5. The van der Waals surface area contributed by atoms with E-state index in [4.69, 9.17) is 16.3 Å². The smallest absolute Gasteiger partial charge is 0.427 e. The summed E-state index contributed by atoms with van der Waals surface area (Å²) in [6.45, 7) is 9.12. The number of halogens is 4. The van der Waals surface area contributed by atoms with Crippen molar-refractivity contribution in [2.45, 2.75) is 95.4 Å². The van der Waals surface area contributed by atoms with Crippen molar-refractivity contribution in [2.75, 3.05) is 16.6 Å². The molecule has 17 heteroatoms. The predicted octanol–water partition coefficient (Wildman–Crippen LogP) is 4.75. The zero-order valence-electron chi connectivity index (χ0n) is 25.9. The van der Waals surface area contributed by atoms with Crippen molar-refractivity contribution in [3.05, 3.63) is 35.1 Å². The van der Waals surface area contributed by atoms with Crippen molar-refractivity contribution in [2.24, 2.45) is 5.92 Å². The lowest BCUT2D eigenvalue weighted by atomic mass is 9.98. The molecule has 3 rings (SSSR count). The van der Waals surface area contributed by atoms with E-state index in [2.05, 4.69) is 9.84 Å². The van der Waals surface area contributed by atoms with Crippen molar-refractivity contribution in [3.8, 4) is 5.75 Å². The molecular formula is C28H37ClF3N3O8S2. The van der Waals surface area contributed by atoms with Crippen LogP contribution in [-0.2, 0) is 47.2 Å². The fourth-order valence-electron chi connectivity index (χ4n) is 4.27. The maximum absolute atomic E-state index is 14.0. The topological polar surface area (TPSA) is 142 Å². The lowest BCUT2D eigenvalue weighted by molar-refractivity contribution is -0.257. The Labute approximate surface area is 266 Å². The van der Waals surface area contributed by atoms with E-state index in [1.54, 1.807) is 6.92 Å². The molecule has 1 aliphatic rings. The third-order valence-corrected chi connectivity index (χ3v) is 12.1. The van der Waals surface area contributed by atoms with E-state index >= 15 is 0 Å². The van der Waals surface area contributed by atoms with Gasteiger partial charge in [0.25, 0.3) is 10.0 Å². The fourth-order valence-corrected chi connectivity index (χ4v) is 7.31. The minimum atomic E-state index is -4.82. The van der Waals surface area contributed by atoms with Gasteiger partial charge < -0.3 is 9.47 Å². The van der Waals surface area contributed by atoms with Gasteiger partial charge in [0, 0.05) is 18.7 Å². The highest BCUT2D eigenvalue weighted by atomic mass is 35.5. The van der Waals surface area contributed by atoms with Gasteiger partial charge in [0.15, 0.2) is 20.8 Å². The summed E-state index contributed by atoms with van der Waals surface area (Å²) < 4.78 is 105. The number of sulfonamides is 1. The van der Waals surface area contributed by atoms with Crippen molar-refractivity contribution < 1.29 is 49.1 Å². The summed E-state index contributed by atoms with van der Waals surface area (Å²) >= 11 is 6.19. The molecule has 0 saturated carbocycles. The van der Waals surface area contributed by atoms with Gasteiger partial charge in [-0.15, -0.1) is 0 Å². The van der Waals surface area contributed by atoms with Crippen LogP contribution in [0.15, 0.2) is 29.3 Å². The number of anilines is 1. The van der Waals surface area contributed by atoms with Crippen LogP contribution in [0.1, 0.15) is 60.5 Å². The van der Waals surface area contributed by atoms with Crippen LogP contribution < -0.4 is 9.04 Å². The Morgan fingerprint density at radius 1 is 1.13 bits per heavy atom. The first kappa shape index (κ1) is 36.6. The Morgan fingerprint density at radius 2 is 1.76 bits per heavy atom. The van der Waals surface area contributed by atoms with Crippen LogP contribution in [-0.4, -0.2) is 73.3 Å². The molecule has 0 spiro atoms. The van der Waals surface area contributed by atoms with Gasteiger partial charge in [0.2, 0.25) is 5.60 Å². The van der Waals surface area contributed by atoms with Gasteiger partial charge in [-0.25, -0.2) is 16.8 Å². The zero-order chi connectivity index (χ0) is 34.3. The molecule has 0 amide bonds. The number of alkyl halides is 3. The SMILES string of the molecule is CCn1cc(S(=O)(=O)N2C[C@H](C[C@@H](C)C(=O)CS(=O)(=O)C(C)(C)C)Oc3ccc(CC(=O)OC(C)(C)C(F)(F)F)cc32)c(Cl)n1. The van der Waals surface area contributed by atoms with Gasteiger partial charge in [-0.2, -0.15) is 18.3 Å². The molecule has 45 heavy (non-hydrogen) atoms. The molecular weight excluding hydrogens is 663 g/mol. The van der Waals surface area contributed by atoms with E-state index in [0.717, 1.165) is 4.31 Å². The number of benzene rings is 1. The first-order valence-electron chi connectivity index (χ1n) is 14.0. The Hall–Kier alpha value is -2.85. The van der Waals surface area contributed by atoms with Gasteiger partial charge in [-0.1, -0.05) is 24.6 Å². The molecule has 0 aliphatic carbocycles. The van der Waals surface area contributed by atoms with Gasteiger partial charge >= 0.3 is 12.1 Å². The molecule has 0 N–H and O–H groups in total. The molecule has 2 heterocycles. The van der Waals surface area contributed by atoms with Crippen LogP contribution in [0.4, 0.5) is 18.9 Å². The maximum atomic E-state index is 14.0. The largest absolute Gasteiger partial charge is 0.486 e. The van der Waals surface area contributed by atoms with Crippen molar-refractivity contribution in [1.29, 1.82) is 0 Å². The molecule has 252 valence electrons. The van der Waals surface area contributed by atoms with Crippen LogP contribution in [0.25, 0.3) is 0 Å². The summed E-state index contributed by atoms with van der Waals surface area (Å²) in [5.74, 6) is -3.22. The van der Waals surface area contributed by atoms with Crippen LogP contribution in [0, 0.1) is 5.92 Å². The fraction of sp³-hybridized carbons (Fsp3) is 0.607. The number of Topliss-reactive ketones (excluding diaryl/α,β-unsaturated/α-hetero) is 1. The number of carbonyl (C=O) groups excluding carboxylic acids is 2. The number of carbonyl (C=O) groups is 2. The van der Waals surface area contributed by atoms with Gasteiger partial charge in [0.1, 0.15) is 22.5 Å². The van der Waals surface area contributed by atoms with Gasteiger partial charge in [0.05, 0.1) is 23.4 Å². The second-order valence-electron chi connectivity index (χ2n) is 12.4. The average molecular weight is 700 g/mol. The number of aryl methyl sites for hydroxylation is 1. The summed E-state index contributed by atoms with van der Waals surface area (Å²) in [6.07, 6.45) is -5.12. The second kappa shape index (κ2) is 12.7. The highest BCUT2D eigenvalue weighted by Gasteiger charge is 2.50. The number of rotatable bonds is 11. The molecule has 2 atom stereocenters. The second-order valence-corrected chi connectivity index (χ2v) is 17.3. The number of fused-ring (bicyclic) bond motifs is 1. The molecule has 0 unspecified atom stereocenters. The molecule has 1 aromatic heterocycles. The third-order valence-electron chi connectivity index (χ3n) is 7.36. The van der Waals surface area contributed by atoms with E-state index < -0.39 is 72.3 Å². The summed E-state index contributed by atoms with van der Waals surface area (Å²) in [5, 5.41) is 3.69. The number of ketones is 1. The Kier molecular flexibility index (Phi) is 10.4. The van der Waals surface area contributed by atoms with Crippen molar-refractivity contribution >= 4 is 48.9 Å². The Balaban J connectivity index is 1.97. The van der Waals surface area contributed by atoms with Crippen molar-refractivity contribution in [3.63, 3.8) is 0 Å². The summed E-state index contributed by atoms with van der Waals surface area (Å²) in [5.41, 5.74) is -2.63. The van der Waals surface area contributed by atoms with E-state index in [0.29, 0.717) is 20.4 Å². The number of hydrogen-bond acceptors (Lipinski definition) is 9. The number of esters is 1. The van der Waals surface area contributed by atoms with Crippen molar-refractivity contribution in [1.82, 2.24) is 9.78 Å². The number of nitrogens with zero attached hydrogens (tertiary/aromatic N) is 3. The highest BCUT2D eigenvalue weighted by molar-refractivity contribution is 7.93. The third kappa shape index (κ3) is 8.12. The standard InChI is InChI=1S/C28H37ClF3N3O8S2/c1-8-34-15-23(25(29)33-34)45(40,41)35-14-19(11-17(2)21(36)16-44(38,39)26(3,4)5)42-22-10-9-18(12-20(22)35)13-24(37)43-27(6,7)28(30,31)32/h9-10,12,15,17,19H,8,11,13-14,16H2,1-7H3/t17-,19+/m1/s1. The van der Waals surface area contributed by atoms with E-state index in [-0.39, 0.29) is 40.0 Å². The maximum Gasteiger partial charge on any atom is 0.427 e. The number of aromatic nitrogens is 2. The lowest BCUT2D eigenvalue weighted by Crippen LogP contribution is -2.45. The summed E-state index contributed by atoms with van der Waals surface area (Å²) in [4.78, 5) is 25.0. The molecule has 0 radical (unpaired) electrons. The number of ether oxygens (including phenoxy) is 2. The molecule has 0 fully saturated rings. The van der Waals surface area contributed by atoms with Gasteiger partial charge in [-0.3, -0.25) is 18.6 Å². The highest BCUT2D eigenvalue weighted by Crippen LogP contribution is 2.40. The normalized spacial score (nSPS) is 17.0. The minimum Gasteiger partial charge on any atom is -0.486 e. The van der Waals surface area contributed by atoms with E-state index in [9.17, 15) is 39.6 Å². The van der Waals surface area contributed by atoms with E-state index in [1.807, 2.05) is 0 Å². The van der Waals surface area contributed by atoms with Crippen LogP contribution in [0.5, 0.6) is 5.75 Å². The van der Waals surface area contributed by atoms with Crippen LogP contribution in [0.2, 0.25) is 5.15 Å². The number of sulfone groups is 1. The van der Waals surface area contributed by atoms with Crippen LogP contribution >= 0.6 is 11.6 Å². The summed E-state index contributed by atoms with van der Waals surface area (Å²) in [7, 11) is -8.20. The van der Waals surface area contributed by atoms with Crippen LogP contribution in [0.3, 0.4) is 0 Å². The monoisotopic (exact) mass is 699 g/mol.